The van der Waals surface area contributed by atoms with Gasteiger partial charge in [0.05, 0.1) is 33.0 Å². The summed E-state index contributed by atoms with van der Waals surface area (Å²) < 4.78 is 10.5. The number of amides is 1. The molecule has 0 rings (SSSR count). The van der Waals surface area contributed by atoms with Crippen LogP contribution in [0.25, 0.3) is 0 Å². The molecule has 0 aliphatic rings. The van der Waals surface area contributed by atoms with Crippen molar-refractivity contribution in [3.63, 3.8) is 0 Å². The molecule has 0 aromatic rings. The van der Waals surface area contributed by atoms with Crippen molar-refractivity contribution in [2.45, 2.75) is 44.3 Å². The van der Waals surface area contributed by atoms with E-state index in [-0.39, 0.29) is 13.2 Å². The molecule has 3 unspecified atom stereocenters. The van der Waals surface area contributed by atoms with Crippen LogP contribution in [-0.4, -0.2) is 108 Å². The lowest BCUT2D eigenvalue weighted by molar-refractivity contribution is -0.149. The van der Waals surface area contributed by atoms with Crippen LogP contribution in [0.4, 0.5) is 0 Å². The topological polar surface area (TPSA) is 161 Å². The molecular formula is C15H32N2O8. The van der Waals surface area contributed by atoms with Gasteiger partial charge in [-0.2, -0.15) is 0 Å². The summed E-state index contributed by atoms with van der Waals surface area (Å²) >= 11 is 0. The van der Waals surface area contributed by atoms with E-state index in [1.165, 1.54) is 0 Å². The first kappa shape index (κ1) is 24.1. The lowest BCUT2D eigenvalue weighted by atomic mass is 10.0. The fourth-order valence-electron chi connectivity index (χ4n) is 1.77. The van der Waals surface area contributed by atoms with Gasteiger partial charge in [0.2, 0.25) is 0 Å². The molecule has 0 aliphatic heterocycles. The lowest BCUT2D eigenvalue weighted by Crippen LogP contribution is -2.52. The Morgan fingerprint density at radius 3 is 2.00 bits per heavy atom. The van der Waals surface area contributed by atoms with Gasteiger partial charge in [-0.25, -0.2) is 0 Å². The average Bonchev–Trinajstić information content (AvgIpc) is 2.59. The van der Waals surface area contributed by atoms with Crippen LogP contribution in [0.1, 0.15) is 13.8 Å². The molecule has 10 heteroatoms. The van der Waals surface area contributed by atoms with E-state index in [2.05, 4.69) is 10.6 Å². The van der Waals surface area contributed by atoms with Crippen molar-refractivity contribution in [1.29, 1.82) is 0 Å². The van der Waals surface area contributed by atoms with Crippen LogP contribution < -0.4 is 10.6 Å². The van der Waals surface area contributed by atoms with E-state index in [4.69, 9.17) is 19.7 Å². The standard InChI is InChI=1S/C15H32N2O8/c1-10(2)16-3-5-24-7-8-25-6-4-17-15(23)14(22)13(21)12(20)11(19)9-18/h10-14,16,18-22H,3-9H2,1-2H3,(H,17,23)/t11?,12-,13?,14?/m1/s1. The monoisotopic (exact) mass is 368 g/mol. The number of aliphatic hydroxyl groups is 5. The second kappa shape index (κ2) is 14.3. The third-order valence-corrected chi connectivity index (χ3v) is 3.24. The Hall–Kier alpha value is -0.850. The summed E-state index contributed by atoms with van der Waals surface area (Å²) in [7, 11) is 0. The number of carbonyl (C=O) groups is 1. The highest BCUT2D eigenvalue weighted by Gasteiger charge is 2.33. The van der Waals surface area contributed by atoms with Crippen molar-refractivity contribution >= 4 is 5.91 Å². The third kappa shape index (κ3) is 11.4. The first-order valence-electron chi connectivity index (χ1n) is 8.31. The molecule has 0 fully saturated rings. The molecule has 0 aromatic heterocycles. The van der Waals surface area contributed by atoms with Crippen LogP contribution in [0, 0.1) is 0 Å². The number of nitrogens with one attached hydrogen (secondary N) is 2. The molecule has 25 heavy (non-hydrogen) atoms. The molecule has 7 N–H and O–H groups in total. The minimum Gasteiger partial charge on any atom is -0.394 e. The summed E-state index contributed by atoms with van der Waals surface area (Å²) in [5, 5.41) is 51.9. The second-order valence-corrected chi connectivity index (χ2v) is 5.80. The number of hydrogen-bond acceptors (Lipinski definition) is 9. The Morgan fingerprint density at radius 1 is 0.920 bits per heavy atom. The minimum atomic E-state index is -1.94. The molecular weight excluding hydrogens is 336 g/mol. The minimum absolute atomic E-state index is 0.0934. The maximum atomic E-state index is 11.6. The summed E-state index contributed by atoms with van der Waals surface area (Å²) in [5.41, 5.74) is 0. The lowest BCUT2D eigenvalue weighted by Gasteiger charge is -2.24. The van der Waals surface area contributed by atoms with Gasteiger partial charge >= 0.3 is 0 Å². The molecule has 10 nitrogen and oxygen atoms in total. The van der Waals surface area contributed by atoms with Gasteiger partial charge in [-0.15, -0.1) is 0 Å². The maximum absolute atomic E-state index is 11.6. The quantitative estimate of drug-likeness (QED) is 0.146. The van der Waals surface area contributed by atoms with Gasteiger partial charge in [0.15, 0.2) is 6.10 Å². The average molecular weight is 368 g/mol. The van der Waals surface area contributed by atoms with Crippen LogP contribution in [0.15, 0.2) is 0 Å². The zero-order chi connectivity index (χ0) is 19.2. The van der Waals surface area contributed by atoms with Gasteiger partial charge < -0.3 is 45.6 Å². The number of carbonyl (C=O) groups excluding carboxylic acids is 1. The van der Waals surface area contributed by atoms with Crippen molar-refractivity contribution in [3.05, 3.63) is 0 Å². The van der Waals surface area contributed by atoms with Gasteiger partial charge in [-0.1, -0.05) is 13.8 Å². The van der Waals surface area contributed by atoms with Crippen LogP contribution in [0.5, 0.6) is 0 Å². The van der Waals surface area contributed by atoms with Crippen LogP contribution in [0.2, 0.25) is 0 Å². The molecule has 0 heterocycles. The van der Waals surface area contributed by atoms with Crippen molar-refractivity contribution < 1.29 is 39.8 Å². The number of ether oxygens (including phenoxy) is 2. The summed E-state index contributed by atoms with van der Waals surface area (Å²) in [5.74, 6) is -0.920. The predicted octanol–water partition coefficient (Wildman–Crippen LogP) is -3.43. The highest BCUT2D eigenvalue weighted by molar-refractivity contribution is 5.81. The number of aliphatic hydroxyl groups excluding tert-OH is 5. The molecule has 0 radical (unpaired) electrons. The molecule has 0 spiro atoms. The number of hydrogen-bond donors (Lipinski definition) is 7. The Balaban J connectivity index is 3.69. The van der Waals surface area contributed by atoms with Gasteiger partial charge in [-0.3, -0.25) is 4.79 Å². The van der Waals surface area contributed by atoms with Gasteiger partial charge in [-0.05, 0) is 0 Å². The van der Waals surface area contributed by atoms with E-state index in [1.54, 1.807) is 0 Å². The Kier molecular flexibility index (Phi) is 13.8. The van der Waals surface area contributed by atoms with E-state index < -0.39 is 36.9 Å². The Morgan fingerprint density at radius 2 is 1.48 bits per heavy atom. The Labute approximate surface area is 147 Å². The fraction of sp³-hybridized carbons (Fsp3) is 0.933. The fourth-order valence-corrected chi connectivity index (χ4v) is 1.77. The number of rotatable bonds is 15. The predicted molar refractivity (Wildman–Crippen MR) is 88.9 cm³/mol. The van der Waals surface area contributed by atoms with E-state index in [9.17, 15) is 20.1 Å². The van der Waals surface area contributed by atoms with Gasteiger partial charge in [0.1, 0.15) is 18.3 Å². The highest BCUT2D eigenvalue weighted by atomic mass is 16.5. The van der Waals surface area contributed by atoms with Crippen molar-refractivity contribution in [2.75, 3.05) is 46.1 Å². The summed E-state index contributed by atoms with van der Waals surface area (Å²) in [4.78, 5) is 11.6. The van der Waals surface area contributed by atoms with Gasteiger partial charge in [0, 0.05) is 19.1 Å². The first-order valence-corrected chi connectivity index (χ1v) is 8.31. The van der Waals surface area contributed by atoms with Crippen LogP contribution in [0.3, 0.4) is 0 Å². The third-order valence-electron chi connectivity index (χ3n) is 3.24. The smallest absolute Gasteiger partial charge is 0.251 e. The van der Waals surface area contributed by atoms with E-state index in [0.717, 1.165) is 6.54 Å². The first-order chi connectivity index (χ1) is 11.8. The molecule has 4 atom stereocenters. The molecule has 0 saturated heterocycles. The van der Waals surface area contributed by atoms with E-state index in [1.807, 2.05) is 13.8 Å². The zero-order valence-electron chi connectivity index (χ0n) is 14.8. The SMILES string of the molecule is CC(C)NCCOCCOCCNC(=O)C(O)C(O)[C@H](O)C(O)CO. The molecule has 0 saturated carbocycles. The van der Waals surface area contributed by atoms with Gasteiger partial charge in [0.25, 0.3) is 5.91 Å². The normalized spacial score (nSPS) is 16.5. The molecule has 1 amide bonds. The summed E-state index contributed by atoms with van der Waals surface area (Å²) in [6, 6.07) is 0.408. The summed E-state index contributed by atoms with van der Waals surface area (Å²) in [6.45, 7) is 5.65. The van der Waals surface area contributed by atoms with Crippen molar-refractivity contribution in [3.8, 4) is 0 Å². The zero-order valence-corrected chi connectivity index (χ0v) is 14.8. The van der Waals surface area contributed by atoms with Crippen LogP contribution >= 0.6 is 0 Å². The Bertz CT molecular complexity index is 345. The molecule has 150 valence electrons. The van der Waals surface area contributed by atoms with Crippen LogP contribution in [-0.2, 0) is 14.3 Å². The largest absolute Gasteiger partial charge is 0.394 e. The van der Waals surface area contributed by atoms with Crippen molar-refractivity contribution in [1.82, 2.24) is 10.6 Å². The highest BCUT2D eigenvalue weighted by Crippen LogP contribution is 2.05. The second-order valence-electron chi connectivity index (χ2n) is 5.80. The molecule has 0 aliphatic carbocycles. The summed E-state index contributed by atoms with van der Waals surface area (Å²) in [6.07, 6.45) is -7.36. The van der Waals surface area contributed by atoms with E-state index in [0.29, 0.717) is 25.9 Å². The van der Waals surface area contributed by atoms with Crippen molar-refractivity contribution in [2.24, 2.45) is 0 Å². The molecule has 0 bridgehead atoms. The maximum Gasteiger partial charge on any atom is 0.251 e. The van der Waals surface area contributed by atoms with E-state index >= 15 is 0 Å². The molecule has 0 aromatic carbocycles.